The summed E-state index contributed by atoms with van der Waals surface area (Å²) in [6.45, 7) is 1.98. The third kappa shape index (κ3) is 4.73. The van der Waals surface area contributed by atoms with Crippen LogP contribution in [-0.4, -0.2) is 22.0 Å². The van der Waals surface area contributed by atoms with E-state index in [1.54, 1.807) is 6.08 Å². The molecular weight excluding hydrogens is 416 g/mol. The van der Waals surface area contributed by atoms with Crippen LogP contribution in [0.2, 0.25) is 0 Å². The van der Waals surface area contributed by atoms with Crippen molar-refractivity contribution >= 4 is 50.8 Å². The predicted octanol–water partition coefficient (Wildman–Crippen LogP) is 5.19. The molecule has 0 spiro atoms. The summed E-state index contributed by atoms with van der Waals surface area (Å²) >= 11 is 1.32. The zero-order valence-corrected chi connectivity index (χ0v) is 17.2. The Balaban J connectivity index is 1.67. The second-order valence-corrected chi connectivity index (χ2v) is 7.55. The molecule has 0 fully saturated rings. The predicted molar refractivity (Wildman–Crippen MR) is 120 cm³/mol. The average Bonchev–Trinajstić information content (AvgIpc) is 3.40. The van der Waals surface area contributed by atoms with E-state index in [1.807, 2.05) is 55.5 Å². The summed E-state index contributed by atoms with van der Waals surface area (Å²) in [6.07, 6.45) is 4.33. The van der Waals surface area contributed by atoms with Gasteiger partial charge in [-0.05, 0) is 42.3 Å². The van der Waals surface area contributed by atoms with Crippen LogP contribution in [0.3, 0.4) is 0 Å². The first kappa shape index (κ1) is 20.2. The van der Waals surface area contributed by atoms with Gasteiger partial charge in [0, 0.05) is 6.08 Å². The summed E-state index contributed by atoms with van der Waals surface area (Å²) in [5.74, 6) is -0.677. The number of furan rings is 1. The zero-order chi connectivity index (χ0) is 21.8. The molecule has 8 nitrogen and oxygen atoms in total. The Morgan fingerprint density at radius 1 is 1.19 bits per heavy atom. The van der Waals surface area contributed by atoms with Crippen LogP contribution in [0, 0.1) is 17.0 Å². The van der Waals surface area contributed by atoms with E-state index in [4.69, 9.17) is 4.42 Å². The van der Waals surface area contributed by atoms with Crippen LogP contribution in [0.15, 0.2) is 76.3 Å². The molecule has 0 radical (unpaired) electrons. The Labute approximate surface area is 180 Å². The quantitative estimate of drug-likeness (QED) is 0.181. The maximum absolute atomic E-state index is 12.9. The summed E-state index contributed by atoms with van der Waals surface area (Å²) < 4.78 is 6.01. The standard InChI is InChI=1S/C22H16N4O4S/c1-15-7-10-18-19(13-15)31-22(24-18)25(20(27)11-8-16-5-3-2-4-6-16)23-14-17-9-12-21(30-17)26(28)29/h2-14H,1H3/b11-8+,23-14+. The van der Waals surface area contributed by atoms with E-state index in [2.05, 4.69) is 10.1 Å². The van der Waals surface area contributed by atoms with Gasteiger partial charge in [-0.2, -0.15) is 10.1 Å². The molecule has 0 saturated heterocycles. The molecule has 2 aromatic heterocycles. The van der Waals surface area contributed by atoms with E-state index < -0.39 is 16.7 Å². The first-order valence-corrected chi connectivity index (χ1v) is 10.0. The molecule has 1 amide bonds. The van der Waals surface area contributed by atoms with E-state index >= 15 is 0 Å². The number of fused-ring (bicyclic) bond motifs is 1. The molecule has 2 heterocycles. The lowest BCUT2D eigenvalue weighted by molar-refractivity contribution is -0.402. The summed E-state index contributed by atoms with van der Waals surface area (Å²) in [6, 6.07) is 17.8. The van der Waals surface area contributed by atoms with Crippen molar-refractivity contribution < 1.29 is 14.1 Å². The van der Waals surface area contributed by atoms with Crippen LogP contribution >= 0.6 is 11.3 Å². The number of nitro groups is 1. The average molecular weight is 432 g/mol. The molecule has 31 heavy (non-hydrogen) atoms. The molecule has 0 N–H and O–H groups in total. The topological polar surface area (TPSA) is 102 Å². The molecule has 0 aliphatic heterocycles. The summed E-state index contributed by atoms with van der Waals surface area (Å²) in [5, 5.41) is 16.5. The van der Waals surface area contributed by atoms with Gasteiger partial charge in [0.2, 0.25) is 5.13 Å². The molecule has 0 atom stereocenters. The highest BCUT2D eigenvalue weighted by Gasteiger charge is 2.18. The third-order valence-corrected chi connectivity index (χ3v) is 5.23. The largest absolute Gasteiger partial charge is 0.433 e. The molecule has 154 valence electrons. The van der Waals surface area contributed by atoms with Crippen molar-refractivity contribution in [1.29, 1.82) is 0 Å². The number of anilines is 1. The van der Waals surface area contributed by atoms with Crippen molar-refractivity contribution in [2.24, 2.45) is 5.10 Å². The zero-order valence-electron chi connectivity index (χ0n) is 16.3. The Morgan fingerprint density at radius 3 is 2.74 bits per heavy atom. The van der Waals surface area contributed by atoms with Crippen molar-refractivity contribution in [2.75, 3.05) is 5.01 Å². The van der Waals surface area contributed by atoms with Crippen molar-refractivity contribution in [3.63, 3.8) is 0 Å². The SMILES string of the molecule is Cc1ccc2nc(N(/N=C/c3ccc([N+](=O)[O-])o3)C(=O)/C=C/c3ccccc3)sc2c1. The minimum absolute atomic E-state index is 0.147. The number of hydrazone groups is 1. The van der Waals surface area contributed by atoms with Crippen LogP contribution in [0.1, 0.15) is 16.9 Å². The normalized spacial score (nSPS) is 11.5. The van der Waals surface area contributed by atoms with E-state index in [0.29, 0.717) is 5.13 Å². The number of benzene rings is 2. The minimum Gasteiger partial charge on any atom is -0.400 e. The highest BCUT2D eigenvalue weighted by atomic mass is 32.1. The van der Waals surface area contributed by atoms with Gasteiger partial charge >= 0.3 is 5.88 Å². The van der Waals surface area contributed by atoms with Crippen molar-refractivity contribution in [1.82, 2.24) is 4.98 Å². The maximum Gasteiger partial charge on any atom is 0.433 e. The number of aryl methyl sites for hydroxylation is 1. The number of carbonyl (C=O) groups is 1. The number of nitrogens with zero attached hydrogens (tertiary/aromatic N) is 4. The van der Waals surface area contributed by atoms with Crippen LogP contribution in [0.4, 0.5) is 11.0 Å². The Morgan fingerprint density at radius 2 is 2.00 bits per heavy atom. The Hall–Kier alpha value is -4.11. The number of hydrogen-bond acceptors (Lipinski definition) is 7. The smallest absolute Gasteiger partial charge is 0.400 e. The fourth-order valence-electron chi connectivity index (χ4n) is 2.74. The molecule has 4 aromatic rings. The number of thiazole rings is 1. The first-order chi connectivity index (χ1) is 15.0. The van der Waals surface area contributed by atoms with Gasteiger partial charge in [0.15, 0.2) is 5.76 Å². The number of carbonyl (C=O) groups excluding carboxylic acids is 1. The van der Waals surface area contributed by atoms with Crippen LogP contribution in [0.5, 0.6) is 0 Å². The first-order valence-electron chi connectivity index (χ1n) is 9.22. The Bertz CT molecular complexity index is 1310. The molecule has 0 bridgehead atoms. The van der Waals surface area contributed by atoms with Gasteiger partial charge in [-0.25, -0.2) is 4.98 Å². The van der Waals surface area contributed by atoms with Gasteiger partial charge in [0.25, 0.3) is 5.91 Å². The van der Waals surface area contributed by atoms with Crippen molar-refractivity contribution in [3.8, 4) is 0 Å². The number of aromatic nitrogens is 1. The highest BCUT2D eigenvalue weighted by molar-refractivity contribution is 7.22. The van der Waals surface area contributed by atoms with Crippen LogP contribution in [0.25, 0.3) is 16.3 Å². The summed E-state index contributed by atoms with van der Waals surface area (Å²) in [4.78, 5) is 27.6. The number of hydrogen-bond donors (Lipinski definition) is 0. The van der Waals surface area contributed by atoms with E-state index in [9.17, 15) is 14.9 Å². The molecule has 0 saturated carbocycles. The third-order valence-electron chi connectivity index (χ3n) is 4.23. The van der Waals surface area contributed by atoms with Gasteiger partial charge in [-0.15, -0.1) is 0 Å². The van der Waals surface area contributed by atoms with Gasteiger partial charge in [-0.1, -0.05) is 47.7 Å². The van der Waals surface area contributed by atoms with Gasteiger partial charge in [0.1, 0.15) is 4.92 Å². The fourth-order valence-corrected chi connectivity index (χ4v) is 3.76. The fraction of sp³-hybridized carbons (Fsp3) is 0.0455. The minimum atomic E-state index is -0.640. The molecule has 9 heteroatoms. The molecule has 2 aromatic carbocycles. The van der Waals surface area contributed by atoms with Crippen LogP contribution in [-0.2, 0) is 4.79 Å². The van der Waals surface area contributed by atoms with E-state index in [0.717, 1.165) is 26.4 Å². The van der Waals surface area contributed by atoms with E-state index in [-0.39, 0.29) is 5.76 Å². The molecule has 4 rings (SSSR count). The summed E-state index contributed by atoms with van der Waals surface area (Å²) in [5.41, 5.74) is 2.69. The second-order valence-electron chi connectivity index (χ2n) is 6.54. The van der Waals surface area contributed by atoms with Crippen molar-refractivity contribution in [2.45, 2.75) is 6.92 Å². The number of amides is 1. The molecule has 0 aliphatic carbocycles. The molecule has 0 unspecified atom stereocenters. The van der Waals surface area contributed by atoms with E-state index in [1.165, 1.54) is 35.8 Å². The van der Waals surface area contributed by atoms with Gasteiger partial charge < -0.3 is 4.42 Å². The Kier molecular flexibility index (Phi) is 5.67. The maximum atomic E-state index is 12.9. The van der Waals surface area contributed by atoms with Gasteiger partial charge in [-0.3, -0.25) is 14.9 Å². The van der Waals surface area contributed by atoms with Crippen molar-refractivity contribution in [3.05, 3.63) is 93.7 Å². The monoisotopic (exact) mass is 432 g/mol. The van der Waals surface area contributed by atoms with Crippen LogP contribution < -0.4 is 5.01 Å². The highest BCUT2D eigenvalue weighted by Crippen LogP contribution is 2.30. The summed E-state index contributed by atoms with van der Waals surface area (Å²) in [7, 11) is 0. The lowest BCUT2D eigenvalue weighted by Gasteiger charge is -2.10. The molecule has 0 aliphatic rings. The molecular formula is C22H16N4O4S. The second kappa shape index (κ2) is 8.72. The lowest BCUT2D eigenvalue weighted by Crippen LogP contribution is -2.23. The lowest BCUT2D eigenvalue weighted by atomic mass is 10.2. The van der Waals surface area contributed by atoms with Gasteiger partial charge in [0.05, 0.1) is 22.5 Å². The number of rotatable bonds is 6.